The van der Waals surface area contributed by atoms with Gasteiger partial charge >= 0.3 is 0 Å². The van der Waals surface area contributed by atoms with Crippen molar-refractivity contribution in [2.45, 2.75) is 0 Å². The van der Waals surface area contributed by atoms with Crippen molar-refractivity contribution in [3.05, 3.63) is 0 Å². The minimum absolute atomic E-state index is 0. The fourth-order valence-corrected chi connectivity index (χ4v) is 1.35. The molecule has 0 atom stereocenters. The molecule has 0 fully saturated rings. The van der Waals surface area contributed by atoms with Crippen molar-refractivity contribution < 1.29 is 42.9 Å². The van der Waals surface area contributed by atoms with Gasteiger partial charge in [-0.05, 0) is 12.0 Å². The van der Waals surface area contributed by atoms with Crippen LogP contribution in [0.4, 0.5) is 0 Å². The van der Waals surface area contributed by atoms with Gasteiger partial charge in [0.15, 0.2) is 0 Å². The molecule has 0 saturated heterocycles. The molecule has 1 radical (unpaired) electrons. The molecular weight excluding hydrogens is 301 g/mol. The van der Waals surface area contributed by atoms with E-state index < -0.39 is 0 Å². The molecule has 13 heavy (non-hydrogen) atoms. The van der Waals surface area contributed by atoms with Crippen LogP contribution in [0, 0.1) is 0 Å². The van der Waals surface area contributed by atoms with E-state index in [1.165, 1.54) is 0 Å². The van der Waals surface area contributed by atoms with Crippen LogP contribution in [0.1, 0.15) is 0 Å². The van der Waals surface area contributed by atoms with Crippen molar-refractivity contribution in [3.8, 4) is 0 Å². The molecule has 0 aliphatic heterocycles. The van der Waals surface area contributed by atoms with Crippen LogP contribution in [0.15, 0.2) is 0 Å². The second-order valence-electron chi connectivity index (χ2n) is 1.78. The van der Waals surface area contributed by atoms with Gasteiger partial charge in [0.05, 0.1) is 13.2 Å². The quantitative estimate of drug-likeness (QED) is 0.504. The second kappa shape index (κ2) is 23.7. The van der Waals surface area contributed by atoms with E-state index in [1.807, 2.05) is 6.26 Å². The zero-order chi connectivity index (χ0) is 9.66. The molecule has 2 nitrogen and oxygen atoms in total. The van der Waals surface area contributed by atoms with Crippen LogP contribution in [0.5, 0.6) is 0 Å². The van der Waals surface area contributed by atoms with Gasteiger partial charge in [-0.25, -0.2) is 0 Å². The summed E-state index contributed by atoms with van der Waals surface area (Å²) in [6, 6.07) is 0. The van der Waals surface area contributed by atoms with Crippen molar-refractivity contribution in [2.24, 2.45) is 0 Å². The van der Waals surface area contributed by atoms with E-state index in [9.17, 15) is 0 Å². The molecule has 0 rings (SSSR count). The minimum Gasteiger partial charge on any atom is -0.396 e. The van der Waals surface area contributed by atoms with E-state index in [2.05, 4.69) is 12.6 Å². The van der Waals surface area contributed by atoms with Gasteiger partial charge in [-0.1, -0.05) is 0 Å². The van der Waals surface area contributed by atoms with Crippen molar-refractivity contribution in [1.82, 2.24) is 0 Å². The zero-order valence-electron chi connectivity index (χ0n) is 7.98. The number of hydrogen-bond donors (Lipinski definition) is 3. The van der Waals surface area contributed by atoms with Crippen LogP contribution in [0.25, 0.3) is 0 Å². The largest absolute Gasteiger partial charge is 0.396 e. The third kappa shape index (κ3) is 31.5. The standard InChI is InChI=1S/C4H10OS2.C3H8OS.Y/c5-1-3-7-4-2-6;1-5-3-2-4;/h5-6H,1-4H2;4H,2-3H2,1H3;. The Morgan fingerprint density at radius 3 is 1.85 bits per heavy atom. The molecule has 0 heterocycles. The van der Waals surface area contributed by atoms with Gasteiger partial charge in [0.25, 0.3) is 0 Å². The average Bonchev–Trinajstić information content (AvgIpc) is 2.08. The van der Waals surface area contributed by atoms with E-state index in [4.69, 9.17) is 10.2 Å². The van der Waals surface area contributed by atoms with Gasteiger partial charge in [-0.15, -0.1) is 0 Å². The molecule has 0 aliphatic rings. The molecule has 6 heteroatoms. The summed E-state index contributed by atoms with van der Waals surface area (Å²) in [4.78, 5) is 0. The zero-order valence-corrected chi connectivity index (χ0v) is 13.3. The summed E-state index contributed by atoms with van der Waals surface area (Å²) >= 11 is 7.37. The molecule has 0 aromatic rings. The van der Waals surface area contributed by atoms with E-state index in [0.717, 1.165) is 23.0 Å². The van der Waals surface area contributed by atoms with Crippen molar-refractivity contribution in [2.75, 3.05) is 42.5 Å². The maximum atomic E-state index is 8.25. The van der Waals surface area contributed by atoms with Crippen LogP contribution in [0.2, 0.25) is 0 Å². The van der Waals surface area contributed by atoms with Crippen LogP contribution >= 0.6 is 36.2 Å². The minimum atomic E-state index is 0. The Kier molecular flexibility index (Phi) is 37.3. The normalized spacial score (nSPS) is 8.31. The molecule has 79 valence electrons. The molecule has 0 unspecified atom stereocenters. The molecule has 0 aromatic heterocycles. The monoisotopic (exact) mass is 319 g/mol. The predicted molar refractivity (Wildman–Crippen MR) is 63.7 cm³/mol. The first-order valence-corrected chi connectivity index (χ1v) is 6.90. The Morgan fingerprint density at radius 2 is 1.62 bits per heavy atom. The third-order valence-electron chi connectivity index (χ3n) is 0.767. The van der Waals surface area contributed by atoms with Crippen LogP contribution in [-0.4, -0.2) is 52.7 Å². The Bertz CT molecular complexity index is 63.7. The fourth-order valence-electron chi connectivity index (χ4n) is 0.322. The van der Waals surface area contributed by atoms with Gasteiger partial charge in [-0.2, -0.15) is 36.2 Å². The number of aliphatic hydroxyl groups is 2. The molecular formula is C7H18O2S3Y. The summed E-state index contributed by atoms with van der Waals surface area (Å²) in [5.74, 6) is 3.66. The smallest absolute Gasteiger partial charge is 0.0521 e. The summed E-state index contributed by atoms with van der Waals surface area (Å²) < 4.78 is 0. The van der Waals surface area contributed by atoms with Gasteiger partial charge in [0.1, 0.15) is 0 Å². The topological polar surface area (TPSA) is 40.5 Å². The molecule has 0 saturated carbocycles. The molecule has 2 N–H and O–H groups in total. The first-order valence-electron chi connectivity index (χ1n) is 3.72. The molecule has 0 amide bonds. The Morgan fingerprint density at radius 1 is 1.08 bits per heavy atom. The van der Waals surface area contributed by atoms with Crippen LogP contribution < -0.4 is 0 Å². The Hall–Kier alpha value is 2.07. The second-order valence-corrected chi connectivity index (χ2v) is 4.43. The first-order chi connectivity index (χ1) is 5.83. The van der Waals surface area contributed by atoms with Crippen LogP contribution in [0.3, 0.4) is 0 Å². The number of hydrogen-bond acceptors (Lipinski definition) is 5. The van der Waals surface area contributed by atoms with E-state index in [1.54, 1.807) is 23.5 Å². The number of thioether (sulfide) groups is 2. The molecule has 0 bridgehead atoms. The number of thiol groups is 1. The third-order valence-corrected chi connectivity index (χ3v) is 2.85. The van der Waals surface area contributed by atoms with Crippen molar-refractivity contribution in [3.63, 3.8) is 0 Å². The van der Waals surface area contributed by atoms with Gasteiger partial charge in [0, 0.05) is 50.0 Å². The summed E-state index contributed by atoms with van der Waals surface area (Å²) in [5.41, 5.74) is 0. The summed E-state index contributed by atoms with van der Waals surface area (Å²) in [6.07, 6.45) is 1.97. The maximum absolute atomic E-state index is 8.25. The van der Waals surface area contributed by atoms with Crippen LogP contribution in [-0.2, 0) is 32.7 Å². The maximum Gasteiger partial charge on any atom is 0.0521 e. The summed E-state index contributed by atoms with van der Waals surface area (Å²) in [5, 5.41) is 16.3. The Balaban J connectivity index is -0.000000150. The first kappa shape index (κ1) is 20.5. The number of aliphatic hydroxyl groups excluding tert-OH is 2. The molecule has 0 aliphatic carbocycles. The van der Waals surface area contributed by atoms with Gasteiger partial charge < -0.3 is 10.2 Å². The average molecular weight is 319 g/mol. The number of rotatable bonds is 6. The predicted octanol–water partition coefficient (Wildman–Crippen LogP) is 0.981. The van der Waals surface area contributed by atoms with Crippen molar-refractivity contribution in [1.29, 1.82) is 0 Å². The van der Waals surface area contributed by atoms with E-state index in [-0.39, 0.29) is 32.7 Å². The Labute approximate surface area is 120 Å². The molecule has 0 spiro atoms. The van der Waals surface area contributed by atoms with Gasteiger partial charge in [0.2, 0.25) is 0 Å². The van der Waals surface area contributed by atoms with E-state index >= 15 is 0 Å². The molecule has 0 aromatic carbocycles. The van der Waals surface area contributed by atoms with E-state index in [0.29, 0.717) is 13.2 Å². The summed E-state index contributed by atoms with van der Waals surface area (Å²) in [7, 11) is 0. The fraction of sp³-hybridized carbons (Fsp3) is 1.00. The van der Waals surface area contributed by atoms with Gasteiger partial charge in [-0.3, -0.25) is 0 Å². The summed E-state index contributed by atoms with van der Waals surface area (Å²) in [6.45, 7) is 0.597. The van der Waals surface area contributed by atoms with Crippen molar-refractivity contribution >= 4 is 36.2 Å². The SMILES string of the molecule is CSCCO.OCCSCCS.[Y].